The Kier molecular flexibility index (Phi) is 4.61. The molecule has 1 N–H and O–H groups in total. The first-order valence-electron chi connectivity index (χ1n) is 7.31. The van der Waals surface area contributed by atoms with E-state index in [4.69, 9.17) is 0 Å². The van der Waals surface area contributed by atoms with Crippen LogP contribution in [-0.4, -0.2) is 0 Å². The SMILES string of the molecule is Cc1ccc(CNCc2cccc(C(C)(C)C)c2)cc1. The fraction of sp³-hybridized carbons (Fsp3) is 0.368. The minimum absolute atomic E-state index is 0.215. The molecular formula is C19H25N. The normalized spacial score (nSPS) is 11.6. The molecule has 106 valence electrons. The van der Waals surface area contributed by atoms with Crippen molar-refractivity contribution in [2.75, 3.05) is 0 Å². The molecule has 0 fully saturated rings. The highest BCUT2D eigenvalue weighted by atomic mass is 14.8. The number of rotatable bonds is 4. The highest BCUT2D eigenvalue weighted by Gasteiger charge is 2.13. The fourth-order valence-electron chi connectivity index (χ4n) is 2.20. The summed E-state index contributed by atoms with van der Waals surface area (Å²) in [5, 5.41) is 3.52. The van der Waals surface area contributed by atoms with Gasteiger partial charge in [0.05, 0.1) is 0 Å². The molecule has 0 aliphatic carbocycles. The van der Waals surface area contributed by atoms with Crippen LogP contribution in [0.3, 0.4) is 0 Å². The second kappa shape index (κ2) is 6.23. The van der Waals surface area contributed by atoms with Crippen LogP contribution >= 0.6 is 0 Å². The predicted molar refractivity (Wildman–Crippen MR) is 86.9 cm³/mol. The molecule has 0 amide bonds. The summed E-state index contributed by atoms with van der Waals surface area (Å²) in [6.45, 7) is 10.7. The van der Waals surface area contributed by atoms with E-state index in [1.165, 1.54) is 22.3 Å². The summed E-state index contributed by atoms with van der Waals surface area (Å²) >= 11 is 0. The molecule has 0 aliphatic heterocycles. The van der Waals surface area contributed by atoms with E-state index in [1.54, 1.807) is 0 Å². The molecule has 1 nitrogen and oxygen atoms in total. The van der Waals surface area contributed by atoms with Crippen molar-refractivity contribution in [1.29, 1.82) is 0 Å². The standard InChI is InChI=1S/C19H25N/c1-15-8-10-16(11-9-15)13-20-14-17-6-5-7-18(12-17)19(2,3)4/h5-12,20H,13-14H2,1-4H3. The largest absolute Gasteiger partial charge is 0.309 e. The summed E-state index contributed by atoms with van der Waals surface area (Å²) < 4.78 is 0. The first kappa shape index (κ1) is 14.8. The molecule has 0 radical (unpaired) electrons. The van der Waals surface area contributed by atoms with E-state index in [0.717, 1.165) is 13.1 Å². The minimum atomic E-state index is 0.215. The quantitative estimate of drug-likeness (QED) is 0.855. The maximum absolute atomic E-state index is 3.52. The molecular weight excluding hydrogens is 242 g/mol. The summed E-state index contributed by atoms with van der Waals surface area (Å²) in [7, 11) is 0. The van der Waals surface area contributed by atoms with Gasteiger partial charge in [0, 0.05) is 13.1 Å². The molecule has 0 spiro atoms. The van der Waals surface area contributed by atoms with E-state index in [9.17, 15) is 0 Å². The van der Waals surface area contributed by atoms with Gasteiger partial charge < -0.3 is 5.32 Å². The smallest absolute Gasteiger partial charge is 0.0208 e. The van der Waals surface area contributed by atoms with Crippen molar-refractivity contribution in [2.24, 2.45) is 0 Å². The van der Waals surface area contributed by atoms with Crippen LogP contribution in [-0.2, 0) is 18.5 Å². The van der Waals surface area contributed by atoms with E-state index in [2.05, 4.69) is 81.5 Å². The van der Waals surface area contributed by atoms with Crippen molar-refractivity contribution in [2.45, 2.75) is 46.2 Å². The topological polar surface area (TPSA) is 12.0 Å². The molecule has 20 heavy (non-hydrogen) atoms. The predicted octanol–water partition coefficient (Wildman–Crippen LogP) is 4.58. The van der Waals surface area contributed by atoms with Crippen molar-refractivity contribution >= 4 is 0 Å². The lowest BCUT2D eigenvalue weighted by Gasteiger charge is -2.19. The number of aryl methyl sites for hydroxylation is 1. The Labute approximate surface area is 123 Å². The van der Waals surface area contributed by atoms with Crippen LogP contribution in [0.2, 0.25) is 0 Å². The molecule has 0 heterocycles. The highest BCUT2D eigenvalue weighted by molar-refractivity contribution is 5.28. The van der Waals surface area contributed by atoms with Gasteiger partial charge in [-0.1, -0.05) is 74.9 Å². The third kappa shape index (κ3) is 4.21. The number of nitrogens with one attached hydrogen (secondary N) is 1. The van der Waals surface area contributed by atoms with Crippen molar-refractivity contribution in [3.63, 3.8) is 0 Å². The van der Waals surface area contributed by atoms with Crippen LogP contribution in [0, 0.1) is 6.92 Å². The van der Waals surface area contributed by atoms with E-state index in [1.807, 2.05) is 0 Å². The van der Waals surface area contributed by atoms with Crippen LogP contribution < -0.4 is 5.32 Å². The van der Waals surface area contributed by atoms with Gasteiger partial charge in [0.25, 0.3) is 0 Å². The first-order chi connectivity index (χ1) is 9.45. The lowest BCUT2D eigenvalue weighted by atomic mass is 9.86. The van der Waals surface area contributed by atoms with Crippen molar-refractivity contribution < 1.29 is 0 Å². The van der Waals surface area contributed by atoms with Gasteiger partial charge in [-0.2, -0.15) is 0 Å². The van der Waals surface area contributed by atoms with Gasteiger partial charge in [-0.25, -0.2) is 0 Å². The Morgan fingerprint density at radius 2 is 1.50 bits per heavy atom. The monoisotopic (exact) mass is 267 g/mol. The Balaban J connectivity index is 1.93. The Morgan fingerprint density at radius 1 is 0.850 bits per heavy atom. The number of benzene rings is 2. The van der Waals surface area contributed by atoms with Crippen molar-refractivity contribution in [1.82, 2.24) is 5.32 Å². The zero-order valence-corrected chi connectivity index (χ0v) is 13.0. The van der Waals surface area contributed by atoms with Gasteiger partial charge in [0.15, 0.2) is 0 Å². The fourth-order valence-corrected chi connectivity index (χ4v) is 2.20. The summed E-state index contributed by atoms with van der Waals surface area (Å²) in [6.07, 6.45) is 0. The summed E-state index contributed by atoms with van der Waals surface area (Å²) in [6, 6.07) is 17.6. The third-order valence-electron chi connectivity index (χ3n) is 3.57. The molecule has 2 aromatic carbocycles. The van der Waals surface area contributed by atoms with Gasteiger partial charge in [-0.15, -0.1) is 0 Å². The Morgan fingerprint density at radius 3 is 2.15 bits per heavy atom. The van der Waals surface area contributed by atoms with Crippen LogP contribution in [0.25, 0.3) is 0 Å². The van der Waals surface area contributed by atoms with E-state index in [0.29, 0.717) is 0 Å². The molecule has 0 unspecified atom stereocenters. The average Bonchev–Trinajstić information content (AvgIpc) is 2.40. The molecule has 1 heteroatoms. The lowest BCUT2D eigenvalue weighted by molar-refractivity contribution is 0.588. The van der Waals surface area contributed by atoms with Crippen molar-refractivity contribution in [3.05, 3.63) is 70.8 Å². The second-order valence-electron chi connectivity index (χ2n) is 6.54. The lowest BCUT2D eigenvalue weighted by Crippen LogP contribution is -2.15. The number of hydrogen-bond donors (Lipinski definition) is 1. The third-order valence-corrected chi connectivity index (χ3v) is 3.57. The van der Waals surface area contributed by atoms with E-state index < -0.39 is 0 Å². The van der Waals surface area contributed by atoms with Crippen LogP contribution in [0.1, 0.15) is 43.0 Å². The number of hydrogen-bond acceptors (Lipinski definition) is 1. The molecule has 0 saturated carbocycles. The zero-order chi connectivity index (χ0) is 14.6. The molecule has 0 atom stereocenters. The Hall–Kier alpha value is -1.60. The van der Waals surface area contributed by atoms with E-state index in [-0.39, 0.29) is 5.41 Å². The molecule has 2 aromatic rings. The average molecular weight is 267 g/mol. The molecule has 2 rings (SSSR count). The van der Waals surface area contributed by atoms with Crippen molar-refractivity contribution in [3.8, 4) is 0 Å². The zero-order valence-electron chi connectivity index (χ0n) is 13.0. The second-order valence-corrected chi connectivity index (χ2v) is 6.54. The molecule has 0 aliphatic rings. The first-order valence-corrected chi connectivity index (χ1v) is 7.31. The maximum Gasteiger partial charge on any atom is 0.0208 e. The van der Waals surface area contributed by atoms with Gasteiger partial charge in [0.1, 0.15) is 0 Å². The Bertz CT molecular complexity index is 547. The van der Waals surface area contributed by atoms with Crippen LogP contribution in [0.5, 0.6) is 0 Å². The summed E-state index contributed by atoms with van der Waals surface area (Å²) in [5.41, 5.74) is 5.61. The van der Waals surface area contributed by atoms with Gasteiger partial charge >= 0.3 is 0 Å². The molecule has 0 aromatic heterocycles. The summed E-state index contributed by atoms with van der Waals surface area (Å²) in [4.78, 5) is 0. The minimum Gasteiger partial charge on any atom is -0.309 e. The maximum atomic E-state index is 3.52. The van der Waals surface area contributed by atoms with Gasteiger partial charge in [0.2, 0.25) is 0 Å². The van der Waals surface area contributed by atoms with Crippen LogP contribution in [0.15, 0.2) is 48.5 Å². The van der Waals surface area contributed by atoms with Crippen LogP contribution in [0.4, 0.5) is 0 Å². The molecule has 0 saturated heterocycles. The summed E-state index contributed by atoms with van der Waals surface area (Å²) in [5.74, 6) is 0. The van der Waals surface area contributed by atoms with Gasteiger partial charge in [-0.3, -0.25) is 0 Å². The van der Waals surface area contributed by atoms with Gasteiger partial charge in [-0.05, 0) is 29.0 Å². The molecule has 0 bridgehead atoms. The van der Waals surface area contributed by atoms with E-state index >= 15 is 0 Å². The highest BCUT2D eigenvalue weighted by Crippen LogP contribution is 2.22.